The fraction of sp³-hybridized carbons (Fsp3) is 0.500. The minimum absolute atomic E-state index is 0.0793. The first-order valence-electron chi connectivity index (χ1n) is 6.78. The maximum atomic E-state index is 12.7. The minimum atomic E-state index is -0.536. The van der Waals surface area contributed by atoms with Gasteiger partial charge in [0.2, 0.25) is 0 Å². The Labute approximate surface area is 117 Å². The summed E-state index contributed by atoms with van der Waals surface area (Å²) in [4.78, 5) is 24.9. The first-order valence-corrected chi connectivity index (χ1v) is 6.78. The van der Waals surface area contributed by atoms with E-state index in [9.17, 15) is 14.9 Å². The predicted octanol–water partition coefficient (Wildman–Crippen LogP) is 2.58. The average molecular weight is 277 g/mol. The van der Waals surface area contributed by atoms with Gasteiger partial charge in [0.15, 0.2) is 0 Å². The number of likely N-dealkylation sites (tertiary alicyclic amines) is 1. The number of nitrogens with two attached hydrogens (primary N) is 1. The quantitative estimate of drug-likeness (QED) is 0.511. The van der Waals surface area contributed by atoms with Gasteiger partial charge in [0.25, 0.3) is 11.6 Å². The Hall–Kier alpha value is -2.11. The van der Waals surface area contributed by atoms with E-state index in [0.29, 0.717) is 5.69 Å². The summed E-state index contributed by atoms with van der Waals surface area (Å²) in [5.41, 5.74) is 5.92. The molecule has 1 saturated heterocycles. The molecule has 0 radical (unpaired) electrons. The van der Waals surface area contributed by atoms with Crippen molar-refractivity contribution in [2.75, 3.05) is 5.73 Å². The molecule has 2 rings (SSSR count). The van der Waals surface area contributed by atoms with Crippen molar-refractivity contribution in [3.8, 4) is 0 Å². The molecule has 6 nitrogen and oxygen atoms in total. The molecule has 1 fully saturated rings. The van der Waals surface area contributed by atoms with Crippen LogP contribution in [0.1, 0.15) is 43.5 Å². The van der Waals surface area contributed by atoms with Crippen LogP contribution in [0.5, 0.6) is 0 Å². The number of hydrogen-bond acceptors (Lipinski definition) is 4. The Kier molecular flexibility index (Phi) is 3.92. The molecule has 1 aromatic carbocycles. The number of hydrogen-bond donors (Lipinski definition) is 1. The molecule has 1 aliphatic rings. The van der Waals surface area contributed by atoms with Crippen molar-refractivity contribution in [1.29, 1.82) is 0 Å². The first-order chi connectivity index (χ1) is 9.41. The van der Waals surface area contributed by atoms with Gasteiger partial charge in [-0.15, -0.1) is 0 Å². The second-order valence-electron chi connectivity index (χ2n) is 5.38. The zero-order chi connectivity index (χ0) is 14.9. The summed E-state index contributed by atoms with van der Waals surface area (Å²) in [6.45, 7) is 3.96. The van der Waals surface area contributed by atoms with Gasteiger partial charge < -0.3 is 10.6 Å². The summed E-state index contributed by atoms with van der Waals surface area (Å²) >= 11 is 0. The van der Waals surface area contributed by atoms with Gasteiger partial charge in [-0.2, -0.15) is 0 Å². The average Bonchev–Trinajstić information content (AvgIpc) is 2.37. The molecule has 0 spiro atoms. The minimum Gasteiger partial charge on any atom is -0.399 e. The lowest BCUT2D eigenvalue weighted by molar-refractivity contribution is -0.385. The summed E-state index contributed by atoms with van der Waals surface area (Å²) in [5, 5.41) is 11.1. The molecule has 2 N–H and O–H groups in total. The molecular formula is C14H19N3O3. The standard InChI is InChI=1S/C14H19N3O3/c1-9-4-3-5-10(2)16(9)14(18)12-8-11(15)6-7-13(12)17(19)20/h6-10H,3-5,15H2,1-2H3/t9-,10+. The molecule has 1 aromatic rings. The molecule has 108 valence electrons. The molecule has 2 atom stereocenters. The van der Waals surface area contributed by atoms with Crippen molar-refractivity contribution < 1.29 is 9.72 Å². The smallest absolute Gasteiger partial charge is 0.282 e. The van der Waals surface area contributed by atoms with Crippen molar-refractivity contribution in [3.63, 3.8) is 0 Å². The summed E-state index contributed by atoms with van der Waals surface area (Å²) in [7, 11) is 0. The highest BCUT2D eigenvalue weighted by molar-refractivity contribution is 5.99. The third kappa shape index (κ3) is 2.59. The molecular weight excluding hydrogens is 258 g/mol. The van der Waals surface area contributed by atoms with Gasteiger partial charge in [-0.1, -0.05) is 0 Å². The number of rotatable bonds is 2. The van der Waals surface area contributed by atoms with E-state index >= 15 is 0 Å². The zero-order valence-electron chi connectivity index (χ0n) is 11.7. The molecule has 20 heavy (non-hydrogen) atoms. The van der Waals surface area contributed by atoms with E-state index < -0.39 is 4.92 Å². The Morgan fingerprint density at radius 1 is 1.35 bits per heavy atom. The zero-order valence-corrected chi connectivity index (χ0v) is 11.7. The number of carbonyl (C=O) groups excluding carboxylic acids is 1. The van der Waals surface area contributed by atoms with Crippen LogP contribution in [0, 0.1) is 10.1 Å². The topological polar surface area (TPSA) is 89.5 Å². The van der Waals surface area contributed by atoms with E-state index in [-0.39, 0.29) is 29.2 Å². The van der Waals surface area contributed by atoms with Gasteiger partial charge in [-0.25, -0.2) is 0 Å². The van der Waals surface area contributed by atoms with Crippen molar-refractivity contribution in [1.82, 2.24) is 4.90 Å². The maximum Gasteiger partial charge on any atom is 0.282 e. The van der Waals surface area contributed by atoms with Crippen LogP contribution < -0.4 is 5.73 Å². The van der Waals surface area contributed by atoms with E-state index in [0.717, 1.165) is 19.3 Å². The molecule has 0 aliphatic carbocycles. The summed E-state index contributed by atoms with van der Waals surface area (Å²) in [5.74, 6) is -0.302. The SMILES string of the molecule is C[C@@H]1CCC[C@H](C)N1C(=O)c1cc(N)ccc1[N+](=O)[O-]. The van der Waals surface area contributed by atoms with E-state index in [2.05, 4.69) is 0 Å². The fourth-order valence-electron chi connectivity index (χ4n) is 2.84. The van der Waals surface area contributed by atoms with Crippen LogP contribution >= 0.6 is 0 Å². The first kappa shape index (κ1) is 14.3. The number of nitrogens with zero attached hydrogens (tertiary/aromatic N) is 2. The van der Waals surface area contributed by atoms with Gasteiger partial charge in [0.1, 0.15) is 5.56 Å². The van der Waals surface area contributed by atoms with Crippen molar-refractivity contribution >= 4 is 17.3 Å². The normalized spacial score (nSPS) is 22.6. The lowest BCUT2D eigenvalue weighted by Gasteiger charge is -2.39. The highest BCUT2D eigenvalue weighted by atomic mass is 16.6. The van der Waals surface area contributed by atoms with Crippen LogP contribution in [0.25, 0.3) is 0 Å². The third-order valence-corrected chi connectivity index (χ3v) is 3.88. The number of nitrogen functional groups attached to an aromatic ring is 1. The number of amides is 1. The maximum absolute atomic E-state index is 12.7. The lowest BCUT2D eigenvalue weighted by Crippen LogP contribution is -2.47. The number of nitro groups is 1. The molecule has 1 heterocycles. The molecule has 6 heteroatoms. The predicted molar refractivity (Wildman–Crippen MR) is 76.5 cm³/mol. The van der Waals surface area contributed by atoms with Gasteiger partial charge in [0, 0.05) is 23.8 Å². The van der Waals surface area contributed by atoms with Crippen molar-refractivity contribution in [2.24, 2.45) is 0 Å². The molecule has 1 amide bonds. The van der Waals surface area contributed by atoms with Gasteiger partial charge in [0.05, 0.1) is 4.92 Å². The van der Waals surface area contributed by atoms with E-state index in [1.165, 1.54) is 18.2 Å². The van der Waals surface area contributed by atoms with Crippen LogP contribution in [-0.4, -0.2) is 27.8 Å². The monoisotopic (exact) mass is 277 g/mol. The number of piperidine rings is 1. The lowest BCUT2D eigenvalue weighted by atomic mass is 9.96. The van der Waals surface area contributed by atoms with E-state index in [1.807, 2.05) is 13.8 Å². The van der Waals surface area contributed by atoms with Crippen molar-refractivity contribution in [3.05, 3.63) is 33.9 Å². The van der Waals surface area contributed by atoms with Crippen LogP contribution in [-0.2, 0) is 0 Å². The van der Waals surface area contributed by atoms with Crippen LogP contribution in [0.15, 0.2) is 18.2 Å². The van der Waals surface area contributed by atoms with Crippen molar-refractivity contribution in [2.45, 2.75) is 45.2 Å². The highest BCUT2D eigenvalue weighted by Gasteiger charge is 2.33. The second kappa shape index (κ2) is 5.48. The summed E-state index contributed by atoms with van der Waals surface area (Å²) in [6.07, 6.45) is 2.92. The second-order valence-corrected chi connectivity index (χ2v) is 5.38. The fourth-order valence-corrected chi connectivity index (χ4v) is 2.84. The summed E-state index contributed by atoms with van der Waals surface area (Å²) < 4.78 is 0. The van der Waals surface area contributed by atoms with E-state index in [1.54, 1.807) is 4.90 Å². The third-order valence-electron chi connectivity index (χ3n) is 3.88. The van der Waals surface area contributed by atoms with Gasteiger partial charge in [-0.05, 0) is 45.2 Å². The largest absolute Gasteiger partial charge is 0.399 e. The molecule has 0 bridgehead atoms. The molecule has 0 aromatic heterocycles. The molecule has 0 unspecified atom stereocenters. The number of anilines is 1. The Bertz CT molecular complexity index is 534. The van der Waals surface area contributed by atoms with Gasteiger partial charge >= 0.3 is 0 Å². The highest BCUT2D eigenvalue weighted by Crippen LogP contribution is 2.28. The van der Waals surface area contributed by atoms with Crippen LogP contribution in [0.2, 0.25) is 0 Å². The Morgan fingerprint density at radius 2 is 1.95 bits per heavy atom. The molecule has 0 saturated carbocycles. The number of benzene rings is 1. The molecule has 1 aliphatic heterocycles. The number of carbonyl (C=O) groups is 1. The Morgan fingerprint density at radius 3 is 2.50 bits per heavy atom. The van der Waals surface area contributed by atoms with Crippen LogP contribution in [0.3, 0.4) is 0 Å². The van der Waals surface area contributed by atoms with Crippen LogP contribution in [0.4, 0.5) is 11.4 Å². The van der Waals surface area contributed by atoms with Gasteiger partial charge in [-0.3, -0.25) is 14.9 Å². The Balaban J connectivity index is 2.42. The summed E-state index contributed by atoms with van der Waals surface area (Å²) in [6, 6.07) is 4.31. The van der Waals surface area contributed by atoms with E-state index in [4.69, 9.17) is 5.73 Å². The number of nitro benzene ring substituents is 1.